The Bertz CT molecular complexity index is 258. The molecule has 0 saturated carbocycles. The van der Waals surface area contributed by atoms with Crippen molar-refractivity contribution < 1.29 is 5.11 Å². The molecule has 1 rings (SSSR count). The molecule has 0 aromatic carbocycles. The summed E-state index contributed by atoms with van der Waals surface area (Å²) >= 11 is 0. The molecule has 0 fully saturated rings. The summed E-state index contributed by atoms with van der Waals surface area (Å²) in [5, 5.41) is 8.43. The van der Waals surface area contributed by atoms with Crippen LogP contribution in [0.2, 0.25) is 0 Å². The summed E-state index contributed by atoms with van der Waals surface area (Å²) in [5.74, 6) is 5.68. The van der Waals surface area contributed by atoms with Crippen molar-refractivity contribution in [1.82, 2.24) is 4.98 Å². The number of aliphatic hydroxyl groups excluding tert-OH is 1. The first kappa shape index (κ1) is 7.77. The average molecular weight is 147 g/mol. The van der Waals surface area contributed by atoms with Gasteiger partial charge in [0.2, 0.25) is 0 Å². The number of hydrogen-bond acceptors (Lipinski definition) is 2. The van der Waals surface area contributed by atoms with Gasteiger partial charge < -0.3 is 5.11 Å². The fourth-order valence-corrected chi connectivity index (χ4v) is 0.657. The zero-order chi connectivity index (χ0) is 7.94. The Kier molecular flexibility index (Phi) is 3.17. The lowest BCUT2D eigenvalue weighted by Gasteiger charge is -1.84. The highest BCUT2D eigenvalue weighted by molar-refractivity contribution is 5.30. The van der Waals surface area contributed by atoms with E-state index in [0.717, 1.165) is 5.56 Å². The molecule has 56 valence electrons. The summed E-state index contributed by atoms with van der Waals surface area (Å²) < 4.78 is 0. The Morgan fingerprint density at radius 1 is 1.55 bits per heavy atom. The van der Waals surface area contributed by atoms with E-state index in [4.69, 9.17) is 5.11 Å². The molecule has 0 aliphatic rings. The van der Waals surface area contributed by atoms with Gasteiger partial charge in [0.05, 0.1) is 6.61 Å². The molecule has 0 amide bonds. The van der Waals surface area contributed by atoms with E-state index in [1.807, 2.05) is 12.1 Å². The molecule has 0 aliphatic carbocycles. The highest BCUT2D eigenvalue weighted by atomic mass is 16.2. The Balaban J connectivity index is 2.59. The smallest absolute Gasteiger partial charge is 0.0540 e. The molecule has 0 radical (unpaired) electrons. The number of aliphatic hydroxyl groups is 1. The van der Waals surface area contributed by atoms with E-state index < -0.39 is 0 Å². The number of pyridine rings is 1. The van der Waals surface area contributed by atoms with E-state index in [-0.39, 0.29) is 6.61 Å². The summed E-state index contributed by atoms with van der Waals surface area (Å²) in [4.78, 5) is 3.90. The highest BCUT2D eigenvalue weighted by Crippen LogP contribution is 1.91. The van der Waals surface area contributed by atoms with Crippen LogP contribution in [0, 0.1) is 11.8 Å². The van der Waals surface area contributed by atoms with Gasteiger partial charge in [-0.15, -0.1) is 0 Å². The average Bonchev–Trinajstić information content (AvgIpc) is 2.07. The number of aromatic nitrogens is 1. The minimum atomic E-state index is 0.118. The zero-order valence-corrected chi connectivity index (χ0v) is 6.12. The van der Waals surface area contributed by atoms with Gasteiger partial charge >= 0.3 is 0 Å². The Hall–Kier alpha value is -1.33. The van der Waals surface area contributed by atoms with Gasteiger partial charge in [0, 0.05) is 24.4 Å². The maximum Gasteiger partial charge on any atom is 0.0540 e. The van der Waals surface area contributed by atoms with Crippen LogP contribution in [0.15, 0.2) is 24.5 Å². The van der Waals surface area contributed by atoms with Crippen molar-refractivity contribution in [2.24, 2.45) is 0 Å². The normalized spacial score (nSPS) is 8.45. The topological polar surface area (TPSA) is 33.1 Å². The third kappa shape index (κ3) is 2.83. The summed E-state index contributed by atoms with van der Waals surface area (Å²) in [6.07, 6.45) is 3.93. The van der Waals surface area contributed by atoms with E-state index >= 15 is 0 Å². The third-order valence-corrected chi connectivity index (χ3v) is 1.13. The Labute approximate surface area is 65.9 Å². The fraction of sp³-hybridized carbons (Fsp3) is 0.222. The van der Waals surface area contributed by atoms with Crippen molar-refractivity contribution in [2.45, 2.75) is 6.42 Å². The molecule has 1 N–H and O–H groups in total. The molecule has 11 heavy (non-hydrogen) atoms. The predicted octanol–water partition coefficient (Wildman–Crippen LogP) is 0.815. The van der Waals surface area contributed by atoms with E-state index in [1.165, 1.54) is 0 Å². The summed E-state index contributed by atoms with van der Waals surface area (Å²) in [7, 11) is 0. The highest BCUT2D eigenvalue weighted by Gasteiger charge is 1.80. The molecule has 0 aliphatic heterocycles. The van der Waals surface area contributed by atoms with Gasteiger partial charge in [-0.05, 0) is 12.1 Å². The van der Waals surface area contributed by atoms with Crippen LogP contribution < -0.4 is 0 Å². The lowest BCUT2D eigenvalue weighted by molar-refractivity contribution is 0.305. The molecular formula is C9H9NO. The molecule has 1 heterocycles. The first-order valence-corrected chi connectivity index (χ1v) is 3.43. The van der Waals surface area contributed by atoms with Gasteiger partial charge in [-0.1, -0.05) is 11.8 Å². The second-order valence-electron chi connectivity index (χ2n) is 2.02. The van der Waals surface area contributed by atoms with Crippen molar-refractivity contribution >= 4 is 0 Å². The minimum absolute atomic E-state index is 0.118. The van der Waals surface area contributed by atoms with Gasteiger partial charge in [-0.25, -0.2) is 0 Å². The largest absolute Gasteiger partial charge is 0.395 e. The lowest BCUT2D eigenvalue weighted by atomic mass is 10.3. The first-order chi connectivity index (χ1) is 5.43. The number of rotatable bonds is 1. The predicted molar refractivity (Wildman–Crippen MR) is 42.8 cm³/mol. The molecule has 0 saturated heterocycles. The van der Waals surface area contributed by atoms with Gasteiger partial charge in [-0.3, -0.25) is 4.98 Å². The third-order valence-electron chi connectivity index (χ3n) is 1.13. The second-order valence-corrected chi connectivity index (χ2v) is 2.02. The molecule has 0 bridgehead atoms. The van der Waals surface area contributed by atoms with Crippen LogP contribution in [-0.4, -0.2) is 16.7 Å². The molecule has 0 unspecified atom stereocenters. The molecule has 1 aromatic rings. The van der Waals surface area contributed by atoms with Crippen LogP contribution in [0.1, 0.15) is 12.0 Å². The quantitative estimate of drug-likeness (QED) is 0.596. The van der Waals surface area contributed by atoms with Crippen LogP contribution in [-0.2, 0) is 0 Å². The lowest BCUT2D eigenvalue weighted by Crippen LogP contribution is -1.78. The molecule has 1 aromatic heterocycles. The van der Waals surface area contributed by atoms with Crippen LogP contribution in [0.25, 0.3) is 0 Å². The zero-order valence-electron chi connectivity index (χ0n) is 6.12. The van der Waals surface area contributed by atoms with E-state index in [0.29, 0.717) is 6.42 Å². The Morgan fingerprint density at radius 2 is 2.45 bits per heavy atom. The fourth-order valence-electron chi connectivity index (χ4n) is 0.657. The maximum absolute atomic E-state index is 8.43. The van der Waals surface area contributed by atoms with Crippen LogP contribution in [0.4, 0.5) is 0 Å². The molecule has 0 spiro atoms. The monoisotopic (exact) mass is 147 g/mol. The van der Waals surface area contributed by atoms with Crippen LogP contribution in [0.5, 0.6) is 0 Å². The van der Waals surface area contributed by atoms with Crippen molar-refractivity contribution in [1.29, 1.82) is 0 Å². The van der Waals surface area contributed by atoms with E-state index in [1.54, 1.807) is 12.4 Å². The second kappa shape index (κ2) is 4.48. The van der Waals surface area contributed by atoms with Gasteiger partial charge in [0.25, 0.3) is 0 Å². The number of hydrogen-bond donors (Lipinski definition) is 1. The molecule has 2 nitrogen and oxygen atoms in total. The van der Waals surface area contributed by atoms with Crippen molar-refractivity contribution in [3.63, 3.8) is 0 Å². The Morgan fingerprint density at radius 3 is 3.09 bits per heavy atom. The summed E-state index contributed by atoms with van der Waals surface area (Å²) in [5.41, 5.74) is 0.890. The van der Waals surface area contributed by atoms with Gasteiger partial charge in [0.15, 0.2) is 0 Å². The molecular weight excluding hydrogens is 138 g/mol. The van der Waals surface area contributed by atoms with E-state index in [2.05, 4.69) is 16.8 Å². The summed E-state index contributed by atoms with van der Waals surface area (Å²) in [6, 6.07) is 3.72. The van der Waals surface area contributed by atoms with Crippen molar-refractivity contribution in [2.75, 3.05) is 6.61 Å². The van der Waals surface area contributed by atoms with Gasteiger partial charge in [0.1, 0.15) is 0 Å². The van der Waals surface area contributed by atoms with E-state index in [9.17, 15) is 0 Å². The SMILES string of the molecule is OCCC#Cc1cccnc1. The minimum Gasteiger partial charge on any atom is -0.395 e. The van der Waals surface area contributed by atoms with Crippen LogP contribution in [0.3, 0.4) is 0 Å². The summed E-state index contributed by atoms with van der Waals surface area (Å²) in [6.45, 7) is 0.118. The number of nitrogens with zero attached hydrogens (tertiary/aromatic N) is 1. The van der Waals surface area contributed by atoms with Gasteiger partial charge in [-0.2, -0.15) is 0 Å². The maximum atomic E-state index is 8.43. The van der Waals surface area contributed by atoms with Crippen molar-refractivity contribution in [3.05, 3.63) is 30.1 Å². The molecule has 0 atom stereocenters. The van der Waals surface area contributed by atoms with Crippen molar-refractivity contribution in [3.8, 4) is 11.8 Å². The first-order valence-electron chi connectivity index (χ1n) is 3.43. The van der Waals surface area contributed by atoms with Crippen LogP contribution >= 0.6 is 0 Å². The molecule has 2 heteroatoms. The standard InChI is InChI=1S/C9H9NO/c11-7-2-1-4-9-5-3-6-10-8-9/h3,5-6,8,11H,2,7H2.